The lowest BCUT2D eigenvalue weighted by atomic mass is 9.84. The molecule has 1 saturated carbocycles. The van der Waals surface area contributed by atoms with Crippen LogP contribution in [0.3, 0.4) is 0 Å². The molecule has 0 radical (unpaired) electrons. The van der Waals surface area contributed by atoms with Crippen molar-refractivity contribution < 1.29 is 4.79 Å². The highest BCUT2D eigenvalue weighted by molar-refractivity contribution is 5.94. The van der Waals surface area contributed by atoms with Crippen LogP contribution in [0.15, 0.2) is 23.1 Å². The van der Waals surface area contributed by atoms with Crippen molar-refractivity contribution in [3.8, 4) is 0 Å². The van der Waals surface area contributed by atoms with Crippen LogP contribution in [0.1, 0.15) is 49.4 Å². The number of hydrogen-bond donors (Lipinski definition) is 2. The molecular weight excluding hydrogens is 228 g/mol. The van der Waals surface area contributed by atoms with Gasteiger partial charge in [-0.25, -0.2) is 0 Å². The molecule has 98 valence electrons. The van der Waals surface area contributed by atoms with Crippen LogP contribution < -0.4 is 10.9 Å². The van der Waals surface area contributed by atoms with Crippen molar-refractivity contribution in [1.82, 2.24) is 10.3 Å². The molecule has 0 saturated heterocycles. The Bertz CT molecular complexity index is 467. The van der Waals surface area contributed by atoms with E-state index in [-0.39, 0.29) is 17.5 Å². The summed E-state index contributed by atoms with van der Waals surface area (Å²) in [6.45, 7) is 2.20. The first-order valence-corrected chi connectivity index (χ1v) is 6.68. The zero-order valence-corrected chi connectivity index (χ0v) is 10.7. The standard InChI is InChI=1S/C14H20N2O2/c1-2-10-4-3-5-12(8-10)16-14(18)11-6-7-15-13(17)9-11/h6-7,9-10,12H,2-5,8H2,1H3,(H,15,17)(H,16,18). The van der Waals surface area contributed by atoms with Gasteiger partial charge in [0, 0.05) is 23.9 Å². The Morgan fingerprint density at radius 3 is 3.06 bits per heavy atom. The monoisotopic (exact) mass is 248 g/mol. The summed E-state index contributed by atoms with van der Waals surface area (Å²) >= 11 is 0. The first-order valence-electron chi connectivity index (χ1n) is 6.68. The molecule has 1 aromatic rings. The molecule has 1 amide bonds. The minimum absolute atomic E-state index is 0.136. The van der Waals surface area contributed by atoms with E-state index in [0.717, 1.165) is 18.8 Å². The fourth-order valence-corrected chi connectivity index (χ4v) is 2.65. The Balaban J connectivity index is 1.97. The lowest BCUT2D eigenvalue weighted by Gasteiger charge is -2.29. The van der Waals surface area contributed by atoms with Gasteiger partial charge in [0.2, 0.25) is 5.56 Å². The van der Waals surface area contributed by atoms with Crippen molar-refractivity contribution in [2.75, 3.05) is 0 Å². The summed E-state index contributed by atoms with van der Waals surface area (Å²) in [5.41, 5.74) is 0.204. The largest absolute Gasteiger partial charge is 0.349 e. The highest BCUT2D eigenvalue weighted by Crippen LogP contribution is 2.26. The van der Waals surface area contributed by atoms with Crippen LogP contribution in [-0.2, 0) is 0 Å². The fourth-order valence-electron chi connectivity index (χ4n) is 2.65. The van der Waals surface area contributed by atoms with Crippen LogP contribution in [0.25, 0.3) is 0 Å². The summed E-state index contributed by atoms with van der Waals surface area (Å²) in [4.78, 5) is 25.7. The molecule has 1 aliphatic rings. The van der Waals surface area contributed by atoms with Gasteiger partial charge >= 0.3 is 0 Å². The molecule has 0 aliphatic heterocycles. The summed E-state index contributed by atoms with van der Waals surface area (Å²) in [6, 6.07) is 3.24. The van der Waals surface area contributed by atoms with Gasteiger partial charge in [0.05, 0.1) is 0 Å². The van der Waals surface area contributed by atoms with E-state index in [1.165, 1.54) is 31.5 Å². The number of H-pyrrole nitrogens is 1. The predicted octanol–water partition coefficient (Wildman–Crippen LogP) is 2.07. The predicted molar refractivity (Wildman–Crippen MR) is 70.6 cm³/mol. The van der Waals surface area contributed by atoms with Crippen LogP contribution in [0.4, 0.5) is 0 Å². The highest BCUT2D eigenvalue weighted by Gasteiger charge is 2.22. The summed E-state index contributed by atoms with van der Waals surface area (Å²) in [5, 5.41) is 3.03. The smallest absolute Gasteiger partial charge is 0.251 e. The molecule has 4 heteroatoms. The van der Waals surface area contributed by atoms with E-state index in [2.05, 4.69) is 17.2 Å². The third kappa shape index (κ3) is 3.22. The molecule has 18 heavy (non-hydrogen) atoms. The topological polar surface area (TPSA) is 62.0 Å². The van der Waals surface area contributed by atoms with Gasteiger partial charge in [0.25, 0.3) is 5.91 Å². The van der Waals surface area contributed by atoms with Gasteiger partial charge in [0.1, 0.15) is 0 Å². The molecule has 2 rings (SSSR count). The van der Waals surface area contributed by atoms with E-state index >= 15 is 0 Å². The lowest BCUT2D eigenvalue weighted by molar-refractivity contribution is 0.0919. The first kappa shape index (κ1) is 12.9. The Hall–Kier alpha value is -1.58. The van der Waals surface area contributed by atoms with Crippen LogP contribution in [0.2, 0.25) is 0 Å². The van der Waals surface area contributed by atoms with E-state index in [4.69, 9.17) is 0 Å². The Kier molecular flexibility index (Phi) is 4.18. The average Bonchev–Trinajstić information content (AvgIpc) is 2.39. The Labute approximate surface area is 107 Å². The summed E-state index contributed by atoms with van der Waals surface area (Å²) in [7, 11) is 0. The summed E-state index contributed by atoms with van der Waals surface area (Å²) in [6.07, 6.45) is 7.24. The first-order chi connectivity index (χ1) is 8.69. The number of aromatic amines is 1. The van der Waals surface area contributed by atoms with Crippen LogP contribution in [0.5, 0.6) is 0 Å². The third-order valence-corrected chi connectivity index (χ3v) is 3.73. The minimum atomic E-state index is -0.238. The van der Waals surface area contributed by atoms with Crippen LogP contribution in [0, 0.1) is 5.92 Å². The van der Waals surface area contributed by atoms with E-state index in [0.29, 0.717) is 5.56 Å². The van der Waals surface area contributed by atoms with Crippen LogP contribution in [-0.4, -0.2) is 16.9 Å². The molecule has 4 nitrogen and oxygen atoms in total. The van der Waals surface area contributed by atoms with E-state index in [1.54, 1.807) is 6.07 Å². The summed E-state index contributed by atoms with van der Waals surface area (Å²) < 4.78 is 0. The zero-order valence-electron chi connectivity index (χ0n) is 10.7. The zero-order chi connectivity index (χ0) is 13.0. The van der Waals surface area contributed by atoms with Crippen molar-refractivity contribution in [2.45, 2.75) is 45.1 Å². The molecule has 2 atom stereocenters. The molecule has 1 aromatic heterocycles. The molecule has 2 unspecified atom stereocenters. The maximum atomic E-state index is 12.0. The van der Waals surface area contributed by atoms with Gasteiger partial charge in [-0.1, -0.05) is 26.2 Å². The van der Waals surface area contributed by atoms with E-state index < -0.39 is 0 Å². The number of carbonyl (C=O) groups excluding carboxylic acids is 1. The van der Waals surface area contributed by atoms with Gasteiger partial charge in [-0.05, 0) is 24.8 Å². The van der Waals surface area contributed by atoms with Crippen LogP contribution >= 0.6 is 0 Å². The van der Waals surface area contributed by atoms with Crippen molar-refractivity contribution in [3.05, 3.63) is 34.2 Å². The number of amides is 1. The number of rotatable bonds is 3. The number of nitrogens with one attached hydrogen (secondary N) is 2. The van der Waals surface area contributed by atoms with Gasteiger partial charge in [-0.15, -0.1) is 0 Å². The fraction of sp³-hybridized carbons (Fsp3) is 0.571. The minimum Gasteiger partial charge on any atom is -0.349 e. The van der Waals surface area contributed by atoms with Gasteiger partial charge in [0.15, 0.2) is 0 Å². The Morgan fingerprint density at radius 2 is 2.33 bits per heavy atom. The number of aromatic nitrogens is 1. The van der Waals surface area contributed by atoms with Crippen molar-refractivity contribution in [3.63, 3.8) is 0 Å². The molecular formula is C14H20N2O2. The highest BCUT2D eigenvalue weighted by atomic mass is 16.2. The molecule has 0 spiro atoms. The second kappa shape index (κ2) is 5.85. The van der Waals surface area contributed by atoms with Gasteiger partial charge in [-0.2, -0.15) is 0 Å². The normalized spacial score (nSPS) is 23.6. The van der Waals surface area contributed by atoms with Crippen molar-refractivity contribution in [1.29, 1.82) is 0 Å². The molecule has 0 aromatic carbocycles. The average molecular weight is 248 g/mol. The third-order valence-electron chi connectivity index (χ3n) is 3.73. The number of carbonyl (C=O) groups is 1. The maximum Gasteiger partial charge on any atom is 0.251 e. The van der Waals surface area contributed by atoms with E-state index in [9.17, 15) is 9.59 Å². The van der Waals surface area contributed by atoms with Crippen molar-refractivity contribution in [2.24, 2.45) is 5.92 Å². The molecule has 2 N–H and O–H groups in total. The lowest BCUT2D eigenvalue weighted by Crippen LogP contribution is -2.38. The van der Waals surface area contributed by atoms with Gasteiger partial charge in [-0.3, -0.25) is 9.59 Å². The second-order valence-electron chi connectivity index (χ2n) is 5.05. The van der Waals surface area contributed by atoms with E-state index in [1.807, 2.05) is 0 Å². The summed E-state index contributed by atoms with van der Waals surface area (Å²) in [5.74, 6) is 0.589. The Morgan fingerprint density at radius 1 is 1.50 bits per heavy atom. The molecule has 1 heterocycles. The van der Waals surface area contributed by atoms with Gasteiger partial charge < -0.3 is 10.3 Å². The molecule has 1 aliphatic carbocycles. The SMILES string of the molecule is CCC1CCCC(NC(=O)c2cc[nH]c(=O)c2)C1. The quantitative estimate of drug-likeness (QED) is 0.860. The molecule has 1 fully saturated rings. The number of hydrogen-bond acceptors (Lipinski definition) is 2. The maximum absolute atomic E-state index is 12.0. The molecule has 0 bridgehead atoms. The number of pyridine rings is 1. The van der Waals surface area contributed by atoms with Crippen molar-refractivity contribution >= 4 is 5.91 Å². The second-order valence-corrected chi connectivity index (χ2v) is 5.05.